The van der Waals surface area contributed by atoms with Gasteiger partial charge in [0.2, 0.25) is 0 Å². The fourth-order valence-electron chi connectivity index (χ4n) is 11.6. The van der Waals surface area contributed by atoms with Gasteiger partial charge in [0.05, 0.1) is 109 Å². The molecule has 0 spiro atoms. The molecule has 10 unspecified atom stereocenters. The van der Waals surface area contributed by atoms with E-state index >= 15 is 0 Å². The van der Waals surface area contributed by atoms with Crippen LogP contribution in [0.4, 0.5) is 17.1 Å². The summed E-state index contributed by atoms with van der Waals surface area (Å²) in [4.78, 5) is 7.13. The Morgan fingerprint density at radius 1 is 0.343 bits per heavy atom. The summed E-state index contributed by atoms with van der Waals surface area (Å²) in [5, 5.41) is 9.60. The van der Waals surface area contributed by atoms with Crippen LogP contribution in [0.25, 0.3) is 0 Å². The molecule has 0 saturated carbocycles. The highest BCUT2D eigenvalue weighted by Gasteiger charge is 2.35. The minimum atomic E-state index is -0.418. The third kappa shape index (κ3) is 22.5. The SMILES string of the molecule is CCC(O)COc1ccc(C(C)(C)c2ccc(OCC3CO3)cc2)cc1.COc1ccc(C(C)(C)c2ccc(OCC3CO3)cc2)cc1.c1cc(N(CC2CO2)CC2CO2)ccc1Cc1ccc(N(CC2CO2)CC2CO2)cc1.c1cc(N(CC2CO2)CC2CO2)ccc1OCC1CO1. The number of epoxide rings is 9. The average molecular weight is 1350 g/mol. The fourth-order valence-corrected chi connectivity index (χ4v) is 11.6. The van der Waals surface area contributed by atoms with E-state index in [-0.39, 0.29) is 23.0 Å². The maximum atomic E-state index is 9.60. The minimum absolute atomic E-state index is 0.0651. The molecule has 18 heteroatoms. The summed E-state index contributed by atoms with van der Waals surface area (Å²) in [7, 11) is 1.69. The first-order valence-electron chi connectivity index (χ1n) is 35.5. The number of ether oxygens (including phenoxy) is 14. The Kier molecular flexibility index (Phi) is 23.3. The van der Waals surface area contributed by atoms with Gasteiger partial charge in [-0.2, -0.15) is 0 Å². The molecule has 9 saturated heterocycles. The molecule has 7 aromatic rings. The zero-order valence-electron chi connectivity index (χ0n) is 58.3. The van der Waals surface area contributed by atoms with Gasteiger partial charge in [-0.05, 0) is 143 Å². The Morgan fingerprint density at radius 2 is 0.576 bits per heavy atom. The molecule has 10 atom stereocenters. The van der Waals surface area contributed by atoms with E-state index in [0.29, 0.717) is 75.6 Å². The number of benzene rings is 7. The Balaban J connectivity index is 0.000000120. The lowest BCUT2D eigenvalue weighted by Crippen LogP contribution is -2.31. The number of aliphatic hydroxyl groups excluding tert-OH is 1. The highest BCUT2D eigenvalue weighted by atomic mass is 16.6. The molecule has 0 aromatic heterocycles. The Labute approximate surface area is 584 Å². The second-order valence-electron chi connectivity index (χ2n) is 28.2. The molecule has 9 fully saturated rings. The van der Waals surface area contributed by atoms with Crippen molar-refractivity contribution in [3.8, 4) is 28.7 Å². The van der Waals surface area contributed by atoms with Crippen LogP contribution in [-0.4, -0.2) is 198 Å². The number of anilines is 3. The van der Waals surface area contributed by atoms with Crippen LogP contribution in [0.15, 0.2) is 170 Å². The summed E-state index contributed by atoms with van der Waals surface area (Å²) >= 11 is 0. The molecule has 9 aliphatic heterocycles. The number of hydrogen-bond acceptors (Lipinski definition) is 18. The maximum Gasteiger partial charge on any atom is 0.119 e. The van der Waals surface area contributed by atoms with Crippen molar-refractivity contribution in [3.63, 3.8) is 0 Å². The smallest absolute Gasteiger partial charge is 0.119 e. The third-order valence-corrected chi connectivity index (χ3v) is 19.1. The van der Waals surface area contributed by atoms with Crippen molar-refractivity contribution in [1.29, 1.82) is 0 Å². The number of aliphatic hydroxyl groups is 1. The highest BCUT2D eigenvalue weighted by molar-refractivity contribution is 5.53. The molecule has 16 rings (SSSR count). The molecule has 18 nitrogen and oxygen atoms in total. The molecule has 99 heavy (non-hydrogen) atoms. The van der Waals surface area contributed by atoms with Crippen molar-refractivity contribution in [2.24, 2.45) is 0 Å². The highest BCUT2D eigenvalue weighted by Crippen LogP contribution is 2.36. The van der Waals surface area contributed by atoms with E-state index < -0.39 is 6.10 Å². The minimum Gasteiger partial charge on any atom is -0.497 e. The average Bonchev–Trinajstić information content (AvgIpc) is 1.52. The predicted octanol–water partition coefficient (Wildman–Crippen LogP) is 11.3. The molecule has 0 amide bonds. The normalized spacial score (nSPS) is 23.1. The van der Waals surface area contributed by atoms with Crippen LogP contribution in [-0.2, 0) is 59.9 Å². The van der Waals surface area contributed by atoms with E-state index in [1.54, 1.807) is 7.11 Å². The largest absolute Gasteiger partial charge is 0.497 e. The number of methoxy groups -OCH3 is 1. The van der Waals surface area contributed by atoms with Crippen molar-refractivity contribution in [2.45, 2.75) is 119 Å². The van der Waals surface area contributed by atoms with E-state index in [1.165, 1.54) is 50.4 Å². The molecule has 7 aromatic carbocycles. The van der Waals surface area contributed by atoms with Crippen molar-refractivity contribution >= 4 is 17.1 Å². The van der Waals surface area contributed by atoms with Gasteiger partial charge >= 0.3 is 0 Å². The number of nitrogens with zero attached hydrogens (tertiary/aromatic N) is 3. The lowest BCUT2D eigenvalue weighted by molar-refractivity contribution is 0.104. The number of rotatable bonds is 35. The molecule has 1 N–H and O–H groups in total. The monoisotopic (exact) mass is 1350 g/mol. The predicted molar refractivity (Wildman–Crippen MR) is 381 cm³/mol. The van der Waals surface area contributed by atoms with Crippen LogP contribution in [0, 0.1) is 0 Å². The first-order valence-corrected chi connectivity index (χ1v) is 35.5. The van der Waals surface area contributed by atoms with Crippen molar-refractivity contribution in [3.05, 3.63) is 203 Å². The second-order valence-corrected chi connectivity index (χ2v) is 28.2. The van der Waals surface area contributed by atoms with Crippen molar-refractivity contribution < 1.29 is 71.4 Å². The van der Waals surface area contributed by atoms with E-state index in [4.69, 9.17) is 66.3 Å². The van der Waals surface area contributed by atoms with Crippen molar-refractivity contribution in [2.75, 3.05) is 147 Å². The number of hydrogen-bond donors (Lipinski definition) is 1. The Morgan fingerprint density at radius 3 is 0.818 bits per heavy atom. The van der Waals surface area contributed by atoms with Crippen LogP contribution in [0.2, 0.25) is 0 Å². The molecule has 528 valence electrons. The van der Waals surface area contributed by atoms with Crippen molar-refractivity contribution in [1.82, 2.24) is 0 Å². The van der Waals surface area contributed by atoms with Gasteiger partial charge in [-0.1, -0.05) is 107 Å². The van der Waals surface area contributed by atoms with Gasteiger partial charge in [0.25, 0.3) is 0 Å². The summed E-state index contributed by atoms with van der Waals surface area (Å²) in [5.41, 5.74) is 11.1. The van der Waals surface area contributed by atoms with E-state index in [0.717, 1.165) is 134 Å². The zero-order valence-corrected chi connectivity index (χ0v) is 58.3. The molecular formula is C81H99N3O15. The first-order chi connectivity index (χ1) is 48.2. The zero-order chi connectivity index (χ0) is 68.1. The van der Waals surface area contributed by atoms with E-state index in [9.17, 15) is 5.11 Å². The molecule has 0 bridgehead atoms. The molecule has 9 aliphatic rings. The summed E-state index contributed by atoms with van der Waals surface area (Å²) < 4.78 is 75.8. The Bertz CT molecular complexity index is 3450. The first kappa shape index (κ1) is 70.0. The topological polar surface area (TPSA) is 189 Å². The molecular weight excluding hydrogens is 1250 g/mol. The van der Waals surface area contributed by atoms with Gasteiger partial charge < -0.3 is 86.1 Å². The Hall–Kier alpha value is -7.46. The van der Waals surface area contributed by atoms with E-state index in [2.05, 4.69) is 152 Å². The van der Waals surface area contributed by atoms with E-state index in [1.807, 2.05) is 67.6 Å². The third-order valence-electron chi connectivity index (χ3n) is 19.1. The van der Waals surface area contributed by atoms with Gasteiger partial charge in [0.1, 0.15) is 73.5 Å². The quantitative estimate of drug-likeness (QED) is 0.0369. The standard InChI is InChI=1S/C25H30N2O4.C22H28O4.C19H22O3.C15H19NO4/c1-5-20(26(10-22-14-28-22)11-23-15-29-23)6-2-18(1)9-19-3-7-21(8-4-19)27(12-24-16-30-24)13-25-17-31-25;1-4-18(23)13-24-19-9-5-16(6-10-19)22(2,3)17-7-11-20(12-8-17)25-14-21-15-26-21;1-19(2,14-4-8-16(20-3)9-5-14)15-6-10-17(11-7-15)21-12-18-13-22-18;1-3-12(17-9-15-10-20-15)4-2-11(1)16(5-13-7-18-13)6-14-8-19-14/h1-8,22-25H,9-17H2;5-12,18,21,23H,4,13-15H2,1-3H3;4-11,18H,12-13H2,1-3H3;1-4,13-15H,5-10H2. The lowest BCUT2D eigenvalue weighted by Gasteiger charge is -2.26. The van der Waals surface area contributed by atoms with Gasteiger partial charge in [0.15, 0.2) is 0 Å². The van der Waals surface area contributed by atoms with Crippen LogP contribution in [0.5, 0.6) is 28.7 Å². The van der Waals surface area contributed by atoms with Crippen LogP contribution < -0.4 is 38.4 Å². The van der Waals surface area contributed by atoms with Crippen LogP contribution >= 0.6 is 0 Å². The summed E-state index contributed by atoms with van der Waals surface area (Å²) in [6.07, 6.45) is 4.37. The summed E-state index contributed by atoms with van der Waals surface area (Å²) in [6.45, 7) is 26.5. The summed E-state index contributed by atoms with van der Waals surface area (Å²) in [6, 6.07) is 59.1. The van der Waals surface area contributed by atoms with Crippen LogP contribution in [0.1, 0.15) is 74.4 Å². The molecule has 0 radical (unpaired) electrons. The maximum absolute atomic E-state index is 9.60. The summed E-state index contributed by atoms with van der Waals surface area (Å²) in [5.74, 6) is 4.33. The second kappa shape index (κ2) is 32.9. The van der Waals surface area contributed by atoms with Gasteiger partial charge in [-0.15, -0.1) is 0 Å². The van der Waals surface area contributed by atoms with Gasteiger partial charge in [0, 0.05) is 67.2 Å². The fraction of sp³-hybridized carbons (Fsp3) is 0.481. The van der Waals surface area contributed by atoms with Gasteiger partial charge in [-0.25, -0.2) is 0 Å². The molecule has 9 heterocycles. The van der Waals surface area contributed by atoms with Gasteiger partial charge in [-0.3, -0.25) is 0 Å². The lowest BCUT2D eigenvalue weighted by atomic mass is 9.78. The van der Waals surface area contributed by atoms with Crippen LogP contribution in [0.3, 0.4) is 0 Å². The molecule has 0 aliphatic carbocycles.